The number of rotatable bonds is 4. The monoisotopic (exact) mass is 397 g/mol. The van der Waals surface area contributed by atoms with Crippen LogP contribution >= 0.6 is 0 Å². The molecule has 0 radical (unpaired) electrons. The van der Waals surface area contributed by atoms with Gasteiger partial charge >= 0.3 is 0 Å². The Labute approximate surface area is 175 Å². The Morgan fingerprint density at radius 2 is 2.03 bits per heavy atom. The van der Waals surface area contributed by atoms with Gasteiger partial charge in [-0.05, 0) is 36.6 Å². The number of para-hydroxylation sites is 1. The maximum atomic E-state index is 5.54. The van der Waals surface area contributed by atoms with E-state index in [0.29, 0.717) is 12.1 Å². The Hall–Kier alpha value is -3.25. The van der Waals surface area contributed by atoms with Crippen molar-refractivity contribution >= 4 is 5.65 Å². The lowest BCUT2D eigenvalue weighted by Crippen LogP contribution is -2.38. The van der Waals surface area contributed by atoms with Crippen LogP contribution in [-0.2, 0) is 13.0 Å². The van der Waals surface area contributed by atoms with Gasteiger partial charge in [0.1, 0.15) is 5.75 Å². The van der Waals surface area contributed by atoms with Crippen molar-refractivity contribution in [2.75, 3.05) is 7.11 Å². The minimum Gasteiger partial charge on any atom is -0.496 e. The average molecular weight is 397 g/mol. The van der Waals surface area contributed by atoms with Crippen molar-refractivity contribution in [3.8, 4) is 17.0 Å². The van der Waals surface area contributed by atoms with Crippen molar-refractivity contribution < 1.29 is 4.74 Å². The Balaban J connectivity index is 1.40. The highest BCUT2D eigenvalue weighted by atomic mass is 16.5. The first-order chi connectivity index (χ1) is 14.8. The number of ether oxygens (including phenoxy) is 1. The molecule has 0 spiro atoms. The average Bonchev–Trinajstić information content (AvgIpc) is 3.34. The molecule has 30 heavy (non-hydrogen) atoms. The lowest BCUT2D eigenvalue weighted by atomic mass is 9.98. The highest BCUT2D eigenvalue weighted by Gasteiger charge is 2.41. The standard InChI is InChI=1S/C24H23N5O/c1-30-23-7-3-2-6-18(23)20-12-24-26-14-19-21-9-8-17(11-22(19)29(24)27-20)28(21)15-16-5-4-10-25-13-16/h2-7,10,12-14,17,21H,8-9,11,15H2,1H3/t17-,21+/m0/s1. The van der Waals surface area contributed by atoms with Crippen LogP contribution in [0.1, 0.15) is 35.7 Å². The highest BCUT2D eigenvalue weighted by Crippen LogP contribution is 2.44. The zero-order chi connectivity index (χ0) is 20.1. The summed E-state index contributed by atoms with van der Waals surface area (Å²) in [6.45, 7) is 0.937. The van der Waals surface area contributed by atoms with Gasteiger partial charge in [-0.3, -0.25) is 9.88 Å². The van der Waals surface area contributed by atoms with E-state index in [1.807, 2.05) is 42.7 Å². The van der Waals surface area contributed by atoms with Gasteiger partial charge in [-0.15, -0.1) is 0 Å². The number of fused-ring (bicyclic) bond motifs is 6. The van der Waals surface area contributed by atoms with Crippen LogP contribution in [0.4, 0.5) is 0 Å². The molecular formula is C24H23N5O. The normalized spacial score (nSPS) is 20.4. The number of hydrogen-bond donors (Lipinski definition) is 0. The summed E-state index contributed by atoms with van der Waals surface area (Å²) in [5.41, 5.74) is 6.68. The second-order valence-corrected chi connectivity index (χ2v) is 8.14. The SMILES string of the molecule is COc1ccccc1-c1cc2ncc3c(n2n1)C[C@@H]1CC[C@H]3N1Cc1cccnc1. The number of methoxy groups -OCH3 is 1. The molecule has 0 saturated carbocycles. The minimum atomic E-state index is 0.398. The predicted octanol–water partition coefficient (Wildman–Crippen LogP) is 4.06. The van der Waals surface area contributed by atoms with E-state index in [4.69, 9.17) is 14.8 Å². The maximum Gasteiger partial charge on any atom is 0.155 e. The molecule has 150 valence electrons. The predicted molar refractivity (Wildman–Crippen MR) is 114 cm³/mol. The zero-order valence-electron chi connectivity index (χ0n) is 16.9. The van der Waals surface area contributed by atoms with E-state index in [1.54, 1.807) is 7.11 Å². The highest BCUT2D eigenvalue weighted by molar-refractivity contribution is 5.70. The topological polar surface area (TPSA) is 55.6 Å². The summed E-state index contributed by atoms with van der Waals surface area (Å²) in [5, 5.41) is 4.96. The zero-order valence-corrected chi connectivity index (χ0v) is 16.9. The molecule has 2 bridgehead atoms. The summed E-state index contributed by atoms with van der Waals surface area (Å²) >= 11 is 0. The summed E-state index contributed by atoms with van der Waals surface area (Å²) in [6, 6.07) is 15.2. The molecule has 4 aromatic rings. The van der Waals surface area contributed by atoms with Gasteiger partial charge in [0, 0.05) is 60.8 Å². The smallest absolute Gasteiger partial charge is 0.155 e. The lowest BCUT2D eigenvalue weighted by molar-refractivity contribution is 0.165. The van der Waals surface area contributed by atoms with E-state index in [1.165, 1.54) is 29.7 Å². The van der Waals surface area contributed by atoms with Crippen LogP contribution in [0.2, 0.25) is 0 Å². The van der Waals surface area contributed by atoms with E-state index >= 15 is 0 Å². The second kappa shape index (κ2) is 6.92. The van der Waals surface area contributed by atoms with Crippen LogP contribution in [0, 0.1) is 0 Å². The molecule has 0 unspecified atom stereocenters. The van der Waals surface area contributed by atoms with Crippen molar-refractivity contribution in [2.45, 2.75) is 37.9 Å². The van der Waals surface area contributed by atoms with Crippen molar-refractivity contribution in [3.05, 3.63) is 77.9 Å². The van der Waals surface area contributed by atoms with E-state index < -0.39 is 0 Å². The van der Waals surface area contributed by atoms with Crippen molar-refractivity contribution in [2.24, 2.45) is 0 Å². The quantitative estimate of drug-likeness (QED) is 0.520. The summed E-state index contributed by atoms with van der Waals surface area (Å²) in [5.74, 6) is 0.831. The molecule has 2 aliphatic rings. The number of aromatic nitrogens is 4. The van der Waals surface area contributed by atoms with E-state index in [-0.39, 0.29) is 0 Å². The van der Waals surface area contributed by atoms with E-state index in [9.17, 15) is 0 Å². The lowest BCUT2D eigenvalue weighted by Gasteiger charge is -2.36. The van der Waals surface area contributed by atoms with Crippen molar-refractivity contribution in [1.29, 1.82) is 0 Å². The molecule has 2 aliphatic heterocycles. The largest absolute Gasteiger partial charge is 0.496 e. The molecule has 0 aliphatic carbocycles. The number of pyridine rings is 1. The Bertz CT molecular complexity index is 1220. The third-order valence-electron chi connectivity index (χ3n) is 6.52. The molecule has 3 aromatic heterocycles. The van der Waals surface area contributed by atoms with Crippen LogP contribution in [0.3, 0.4) is 0 Å². The molecule has 1 saturated heterocycles. The van der Waals surface area contributed by atoms with Crippen LogP contribution in [0.15, 0.2) is 61.1 Å². The van der Waals surface area contributed by atoms with Crippen molar-refractivity contribution in [3.63, 3.8) is 0 Å². The summed E-state index contributed by atoms with van der Waals surface area (Å²) in [4.78, 5) is 11.7. The van der Waals surface area contributed by atoms with Crippen LogP contribution in [0.25, 0.3) is 16.9 Å². The van der Waals surface area contributed by atoms with Gasteiger partial charge in [0.2, 0.25) is 0 Å². The van der Waals surface area contributed by atoms with Gasteiger partial charge in [0.05, 0.1) is 18.5 Å². The van der Waals surface area contributed by atoms with Gasteiger partial charge in [-0.1, -0.05) is 18.2 Å². The number of nitrogens with zero attached hydrogens (tertiary/aromatic N) is 5. The van der Waals surface area contributed by atoms with Crippen LogP contribution in [0.5, 0.6) is 5.75 Å². The molecule has 2 atom stereocenters. The Kier molecular flexibility index (Phi) is 4.06. The van der Waals surface area contributed by atoms with Crippen LogP contribution in [-0.4, -0.2) is 37.6 Å². The molecule has 6 heteroatoms. The van der Waals surface area contributed by atoms with Gasteiger partial charge in [-0.2, -0.15) is 5.10 Å². The van der Waals surface area contributed by atoms with Gasteiger partial charge in [-0.25, -0.2) is 9.50 Å². The summed E-state index contributed by atoms with van der Waals surface area (Å²) in [7, 11) is 1.70. The molecule has 6 rings (SSSR count). The second-order valence-electron chi connectivity index (χ2n) is 8.14. The first-order valence-electron chi connectivity index (χ1n) is 10.5. The fourth-order valence-electron chi connectivity index (χ4n) is 5.12. The fraction of sp³-hybridized carbons (Fsp3) is 0.292. The molecule has 1 aromatic carbocycles. The molecule has 0 amide bonds. The number of benzene rings is 1. The minimum absolute atomic E-state index is 0.398. The Morgan fingerprint density at radius 1 is 1.10 bits per heavy atom. The summed E-state index contributed by atoms with van der Waals surface area (Å²) < 4.78 is 7.60. The van der Waals surface area contributed by atoms with E-state index in [2.05, 4.69) is 32.7 Å². The molecular weight excluding hydrogens is 374 g/mol. The summed E-state index contributed by atoms with van der Waals surface area (Å²) in [6.07, 6.45) is 9.26. The van der Waals surface area contributed by atoms with E-state index in [0.717, 1.165) is 35.6 Å². The van der Waals surface area contributed by atoms with Gasteiger partial charge < -0.3 is 4.74 Å². The first kappa shape index (κ1) is 17.6. The molecule has 0 N–H and O–H groups in total. The number of hydrogen-bond acceptors (Lipinski definition) is 5. The van der Waals surface area contributed by atoms with Crippen LogP contribution < -0.4 is 4.74 Å². The third-order valence-corrected chi connectivity index (χ3v) is 6.52. The maximum absolute atomic E-state index is 5.54. The Morgan fingerprint density at radius 3 is 2.90 bits per heavy atom. The van der Waals surface area contributed by atoms with Gasteiger partial charge in [0.25, 0.3) is 0 Å². The molecule has 6 nitrogen and oxygen atoms in total. The molecule has 5 heterocycles. The molecule has 1 fully saturated rings. The third kappa shape index (κ3) is 2.71. The fourth-order valence-corrected chi connectivity index (χ4v) is 5.12. The van der Waals surface area contributed by atoms with Crippen molar-refractivity contribution in [1.82, 2.24) is 24.5 Å². The first-order valence-corrected chi connectivity index (χ1v) is 10.5. The van der Waals surface area contributed by atoms with Gasteiger partial charge in [0.15, 0.2) is 5.65 Å².